The van der Waals surface area contributed by atoms with E-state index in [1.54, 1.807) is 19.1 Å². The fraction of sp³-hybridized carbons (Fsp3) is 0.0833. The van der Waals surface area contributed by atoms with Crippen molar-refractivity contribution in [2.75, 3.05) is 0 Å². The van der Waals surface area contributed by atoms with Gasteiger partial charge >= 0.3 is 10.1 Å². The highest BCUT2D eigenvalue weighted by molar-refractivity contribution is 7.85. The van der Waals surface area contributed by atoms with E-state index in [0.29, 0.717) is 5.56 Å². The molecule has 0 spiro atoms. The van der Waals surface area contributed by atoms with Gasteiger partial charge in [-0.3, -0.25) is 14.3 Å². The lowest BCUT2D eigenvalue weighted by molar-refractivity contribution is 0.0954. The number of carbonyl (C=O) groups excluding carboxylic acids is 1. The van der Waals surface area contributed by atoms with E-state index < -0.39 is 21.1 Å². The quantitative estimate of drug-likeness (QED) is 0.493. The van der Waals surface area contributed by atoms with E-state index in [1.165, 1.54) is 12.3 Å². The molecule has 0 fully saturated rings. The maximum atomic E-state index is 11.7. The third-order valence-corrected chi connectivity index (χ3v) is 3.12. The zero-order valence-electron chi connectivity index (χ0n) is 10.8. The average molecular weight is 309 g/mol. The van der Waals surface area contributed by atoms with Crippen LogP contribution in [-0.2, 0) is 10.1 Å². The fourth-order valence-corrected chi connectivity index (χ4v) is 1.81. The number of aromatic nitrogens is 1. The lowest BCUT2D eigenvalue weighted by atomic mass is 10.2. The van der Waals surface area contributed by atoms with Crippen LogP contribution in [0.4, 0.5) is 0 Å². The molecule has 9 heteroatoms. The minimum Gasteiger partial charge on any atom is -0.441 e. The van der Waals surface area contributed by atoms with Crippen LogP contribution in [0.15, 0.2) is 45.1 Å². The van der Waals surface area contributed by atoms with Gasteiger partial charge in [-0.25, -0.2) is 5.43 Å². The van der Waals surface area contributed by atoms with Crippen LogP contribution in [0.2, 0.25) is 0 Å². The molecule has 2 aromatic heterocycles. The van der Waals surface area contributed by atoms with Crippen molar-refractivity contribution in [1.82, 2.24) is 10.4 Å². The van der Waals surface area contributed by atoms with Crippen LogP contribution < -0.4 is 5.43 Å². The molecule has 8 nitrogen and oxygen atoms in total. The molecule has 110 valence electrons. The van der Waals surface area contributed by atoms with E-state index in [0.717, 1.165) is 18.0 Å². The molecule has 2 N–H and O–H groups in total. The molecule has 0 atom stereocenters. The Balaban J connectivity index is 2.01. The number of nitrogens with one attached hydrogen (secondary N) is 1. The van der Waals surface area contributed by atoms with Gasteiger partial charge in [-0.15, -0.1) is 0 Å². The Kier molecular flexibility index (Phi) is 4.15. The van der Waals surface area contributed by atoms with E-state index >= 15 is 0 Å². The third kappa shape index (κ3) is 3.97. The molecule has 0 saturated carbocycles. The summed E-state index contributed by atoms with van der Waals surface area (Å²) in [6.07, 6.45) is 2.51. The van der Waals surface area contributed by atoms with Gasteiger partial charge in [0.05, 0.1) is 11.8 Å². The highest BCUT2D eigenvalue weighted by Gasteiger charge is 2.14. The summed E-state index contributed by atoms with van der Waals surface area (Å²) in [5.41, 5.74) is 3.34. The molecule has 0 aliphatic heterocycles. The zero-order chi connectivity index (χ0) is 15.5. The monoisotopic (exact) mass is 309 g/mol. The molecule has 0 radical (unpaired) electrons. The van der Waals surface area contributed by atoms with Gasteiger partial charge < -0.3 is 4.42 Å². The Morgan fingerprint density at radius 3 is 2.71 bits per heavy atom. The van der Waals surface area contributed by atoms with Gasteiger partial charge in [-0.1, -0.05) is 0 Å². The first-order valence-electron chi connectivity index (χ1n) is 5.69. The molecule has 0 aromatic carbocycles. The SMILES string of the molecule is Cc1ccc(C(=O)N/N=C\c2ccc(S(=O)(=O)O)o2)cn1. The van der Waals surface area contributed by atoms with E-state index in [9.17, 15) is 13.2 Å². The summed E-state index contributed by atoms with van der Waals surface area (Å²) in [6.45, 7) is 1.80. The van der Waals surface area contributed by atoms with Crippen molar-refractivity contribution >= 4 is 22.2 Å². The summed E-state index contributed by atoms with van der Waals surface area (Å²) in [5.74, 6) is -0.412. The first-order valence-corrected chi connectivity index (χ1v) is 7.13. The highest BCUT2D eigenvalue weighted by Crippen LogP contribution is 2.11. The van der Waals surface area contributed by atoms with Gasteiger partial charge in [0.15, 0.2) is 0 Å². The standard InChI is InChI=1S/C12H11N3O5S/c1-8-2-3-9(6-13-8)12(16)15-14-7-10-4-5-11(20-10)21(17,18)19/h2-7H,1H3,(H,15,16)(H,17,18,19)/b14-7-. The second-order valence-corrected chi connectivity index (χ2v) is 5.37. The van der Waals surface area contributed by atoms with E-state index in [4.69, 9.17) is 8.97 Å². The number of carbonyl (C=O) groups is 1. The van der Waals surface area contributed by atoms with Crippen LogP contribution in [0.25, 0.3) is 0 Å². The molecule has 2 rings (SSSR count). The lowest BCUT2D eigenvalue weighted by Gasteiger charge is -1.98. The van der Waals surface area contributed by atoms with Gasteiger partial charge in [0, 0.05) is 11.9 Å². The minimum atomic E-state index is -4.39. The molecule has 0 aliphatic carbocycles. The Morgan fingerprint density at radius 1 is 1.38 bits per heavy atom. The number of hydrogen-bond donors (Lipinski definition) is 2. The van der Waals surface area contributed by atoms with Crippen molar-refractivity contribution in [2.45, 2.75) is 12.0 Å². The van der Waals surface area contributed by atoms with Crippen molar-refractivity contribution in [3.63, 3.8) is 0 Å². The fourth-order valence-electron chi connectivity index (χ4n) is 1.36. The third-order valence-electron chi connectivity index (χ3n) is 2.39. The highest BCUT2D eigenvalue weighted by atomic mass is 32.2. The lowest BCUT2D eigenvalue weighted by Crippen LogP contribution is -2.17. The number of pyridine rings is 1. The number of amides is 1. The number of hydrazone groups is 1. The summed E-state index contributed by atoms with van der Waals surface area (Å²) in [5, 5.41) is 3.01. The predicted octanol–water partition coefficient (Wildman–Crippen LogP) is 0.994. The van der Waals surface area contributed by atoms with E-state index in [1.807, 2.05) is 0 Å². The minimum absolute atomic E-state index is 0.0601. The van der Waals surface area contributed by atoms with Crippen LogP contribution in [-0.4, -0.2) is 30.1 Å². The van der Waals surface area contributed by atoms with E-state index in [-0.39, 0.29) is 5.76 Å². The molecule has 0 bridgehead atoms. The summed E-state index contributed by atoms with van der Waals surface area (Å²) in [4.78, 5) is 15.7. The molecule has 0 aliphatic rings. The molecular formula is C12H11N3O5S. The zero-order valence-corrected chi connectivity index (χ0v) is 11.7. The number of rotatable bonds is 4. The van der Waals surface area contributed by atoms with Crippen molar-refractivity contribution in [3.8, 4) is 0 Å². The largest absolute Gasteiger partial charge is 0.441 e. The van der Waals surface area contributed by atoms with Gasteiger partial charge in [0.2, 0.25) is 5.09 Å². The molecular weight excluding hydrogens is 298 g/mol. The van der Waals surface area contributed by atoms with Crippen LogP contribution in [0.5, 0.6) is 0 Å². The Bertz CT molecular complexity index is 777. The number of nitrogens with zero attached hydrogens (tertiary/aromatic N) is 2. The van der Waals surface area contributed by atoms with Crippen molar-refractivity contribution in [3.05, 3.63) is 47.5 Å². The Hall–Kier alpha value is -2.52. The number of hydrogen-bond acceptors (Lipinski definition) is 6. The smallest absolute Gasteiger partial charge is 0.328 e. The number of furan rings is 1. The van der Waals surface area contributed by atoms with Gasteiger partial charge in [-0.2, -0.15) is 13.5 Å². The van der Waals surface area contributed by atoms with Gasteiger partial charge in [0.1, 0.15) is 5.76 Å². The van der Waals surface area contributed by atoms with Crippen molar-refractivity contribution in [2.24, 2.45) is 5.10 Å². The molecule has 2 aromatic rings. The maximum absolute atomic E-state index is 11.7. The maximum Gasteiger partial charge on any atom is 0.328 e. The van der Waals surface area contributed by atoms with Crippen LogP contribution in [0.3, 0.4) is 0 Å². The van der Waals surface area contributed by atoms with Crippen molar-refractivity contribution in [1.29, 1.82) is 0 Å². The first-order chi connectivity index (χ1) is 9.86. The molecule has 0 unspecified atom stereocenters. The summed E-state index contributed by atoms with van der Waals surface area (Å²) in [6, 6.07) is 5.63. The van der Waals surface area contributed by atoms with Crippen LogP contribution in [0, 0.1) is 6.92 Å². The predicted molar refractivity (Wildman–Crippen MR) is 72.6 cm³/mol. The molecule has 0 saturated heterocycles. The summed E-state index contributed by atoms with van der Waals surface area (Å²) in [7, 11) is -4.39. The van der Waals surface area contributed by atoms with Crippen LogP contribution in [0.1, 0.15) is 21.8 Å². The summed E-state index contributed by atoms with van der Waals surface area (Å²) < 4.78 is 35.1. The summed E-state index contributed by atoms with van der Waals surface area (Å²) >= 11 is 0. The normalized spacial score (nSPS) is 11.7. The number of aryl methyl sites for hydroxylation is 1. The Morgan fingerprint density at radius 2 is 2.14 bits per heavy atom. The van der Waals surface area contributed by atoms with E-state index in [2.05, 4.69) is 15.5 Å². The van der Waals surface area contributed by atoms with Gasteiger partial charge in [-0.05, 0) is 31.2 Å². The first kappa shape index (κ1) is 14.9. The second kappa shape index (κ2) is 5.85. The topological polar surface area (TPSA) is 122 Å². The van der Waals surface area contributed by atoms with Crippen molar-refractivity contribution < 1.29 is 22.2 Å². The van der Waals surface area contributed by atoms with Crippen LogP contribution >= 0.6 is 0 Å². The molecule has 1 amide bonds. The molecule has 2 heterocycles. The second-order valence-electron chi connectivity index (χ2n) is 4.02. The molecule has 21 heavy (non-hydrogen) atoms. The Labute approximate surface area is 120 Å². The average Bonchev–Trinajstić information content (AvgIpc) is 2.88. The van der Waals surface area contributed by atoms with Gasteiger partial charge in [0.25, 0.3) is 5.91 Å².